The summed E-state index contributed by atoms with van der Waals surface area (Å²) >= 11 is 2.02. The maximum atomic E-state index is 13.4. The number of halogens is 2. The predicted octanol–water partition coefficient (Wildman–Crippen LogP) is 2.46. The van der Waals surface area contributed by atoms with Crippen LogP contribution in [0.15, 0.2) is 18.2 Å². The van der Waals surface area contributed by atoms with Gasteiger partial charge in [-0.2, -0.15) is 0 Å². The number of hydrogen-bond donors (Lipinski definition) is 1. The first-order valence-corrected chi connectivity index (χ1v) is 7.38. The van der Waals surface area contributed by atoms with Gasteiger partial charge in [0.1, 0.15) is 5.82 Å². The van der Waals surface area contributed by atoms with E-state index in [1.165, 1.54) is 15.0 Å². The van der Waals surface area contributed by atoms with Crippen molar-refractivity contribution in [2.75, 3.05) is 0 Å². The monoisotopic (exact) mass is 335 g/mol. The highest BCUT2D eigenvalue weighted by atomic mass is 127. The summed E-state index contributed by atoms with van der Waals surface area (Å²) in [6, 6.07) is 4.72. The third-order valence-corrected chi connectivity index (χ3v) is 2.49. The Kier molecular flexibility index (Phi) is 5.50. The number of hydrogen-bond acceptors (Lipinski definition) is 2. The Bertz CT molecular complexity index is 414. The first-order valence-electron chi connectivity index (χ1n) is 4.02. The van der Waals surface area contributed by atoms with Crippen LogP contribution in [0.3, 0.4) is 0 Å². The maximum Gasteiger partial charge on any atom is 0.207 e. The Balaban J connectivity index is 2.83. The van der Waals surface area contributed by atoms with Crippen LogP contribution >= 0.6 is 30.1 Å². The van der Waals surface area contributed by atoms with Crippen molar-refractivity contribution in [2.24, 2.45) is 0 Å². The molecule has 1 aromatic rings. The third-order valence-electron chi connectivity index (χ3n) is 1.65. The van der Waals surface area contributed by atoms with Crippen molar-refractivity contribution in [1.82, 2.24) is 5.32 Å². The molecular formula is C10H7FINOS. The predicted molar refractivity (Wildman–Crippen MR) is 67.8 cm³/mol. The van der Waals surface area contributed by atoms with Crippen molar-refractivity contribution < 1.29 is 9.18 Å². The molecule has 0 aliphatic rings. The summed E-state index contributed by atoms with van der Waals surface area (Å²) in [6.45, 7) is 0.329. The van der Waals surface area contributed by atoms with E-state index >= 15 is 0 Å². The van der Waals surface area contributed by atoms with Crippen LogP contribution in [0.4, 0.5) is 4.39 Å². The van der Waals surface area contributed by atoms with Gasteiger partial charge in [-0.15, -0.1) is 0 Å². The van der Waals surface area contributed by atoms with Crippen molar-refractivity contribution in [2.45, 2.75) is 6.54 Å². The number of carbonyl (C=O) groups excluding carboxylic acids is 1. The van der Waals surface area contributed by atoms with Crippen LogP contribution < -0.4 is 5.32 Å². The SMILES string of the molecule is O=CNCc1ccc(C#CSI)c(F)c1. The van der Waals surface area contributed by atoms with E-state index in [0.29, 0.717) is 24.1 Å². The van der Waals surface area contributed by atoms with Crippen LogP contribution in [0.25, 0.3) is 0 Å². The number of rotatable bonds is 3. The molecule has 1 amide bonds. The molecule has 0 saturated heterocycles. The van der Waals surface area contributed by atoms with Crippen LogP contribution in [0.2, 0.25) is 0 Å². The molecule has 5 heteroatoms. The number of amides is 1. The van der Waals surface area contributed by atoms with Crippen molar-refractivity contribution >= 4 is 36.5 Å². The Morgan fingerprint density at radius 3 is 3.00 bits per heavy atom. The lowest BCUT2D eigenvalue weighted by Gasteiger charge is -2.01. The van der Waals surface area contributed by atoms with Gasteiger partial charge in [0.25, 0.3) is 0 Å². The van der Waals surface area contributed by atoms with Crippen LogP contribution in [-0.2, 0) is 11.3 Å². The van der Waals surface area contributed by atoms with Crippen LogP contribution in [0.5, 0.6) is 0 Å². The Labute approximate surface area is 104 Å². The summed E-state index contributed by atoms with van der Waals surface area (Å²) in [5.41, 5.74) is 1.08. The topological polar surface area (TPSA) is 29.1 Å². The smallest absolute Gasteiger partial charge is 0.207 e. The fraction of sp³-hybridized carbons (Fsp3) is 0.100. The van der Waals surface area contributed by atoms with E-state index in [1.807, 2.05) is 21.2 Å². The van der Waals surface area contributed by atoms with Gasteiger partial charge >= 0.3 is 0 Å². The Morgan fingerprint density at radius 2 is 2.40 bits per heavy atom. The molecule has 0 fully saturated rings. The summed E-state index contributed by atoms with van der Waals surface area (Å²) in [6.07, 6.45) is 0.582. The van der Waals surface area contributed by atoms with Gasteiger partial charge < -0.3 is 5.32 Å². The lowest BCUT2D eigenvalue weighted by Crippen LogP contribution is -2.09. The van der Waals surface area contributed by atoms with Gasteiger partial charge in [0.05, 0.1) is 5.56 Å². The van der Waals surface area contributed by atoms with Crippen molar-refractivity contribution in [1.29, 1.82) is 0 Å². The van der Waals surface area contributed by atoms with Gasteiger partial charge in [0.15, 0.2) is 0 Å². The first-order chi connectivity index (χ1) is 7.27. The fourth-order valence-corrected chi connectivity index (χ4v) is 1.48. The standard InChI is InChI=1S/C10H7FINOS/c11-10-5-8(6-13-7-14)1-2-9(10)3-4-15-12/h1-2,5,7H,6H2,(H,13,14). The highest BCUT2D eigenvalue weighted by Crippen LogP contribution is 2.12. The summed E-state index contributed by atoms with van der Waals surface area (Å²) in [5.74, 6) is 2.32. The molecule has 1 aromatic carbocycles. The maximum absolute atomic E-state index is 13.4. The zero-order chi connectivity index (χ0) is 11.1. The minimum Gasteiger partial charge on any atom is -0.355 e. The quantitative estimate of drug-likeness (QED) is 0.522. The number of benzene rings is 1. The van der Waals surface area contributed by atoms with E-state index < -0.39 is 0 Å². The number of nitrogens with one attached hydrogen (secondary N) is 1. The first kappa shape index (κ1) is 12.3. The highest BCUT2D eigenvalue weighted by molar-refractivity contribution is 14.2. The zero-order valence-electron chi connectivity index (χ0n) is 7.59. The molecule has 0 heterocycles. The summed E-state index contributed by atoms with van der Waals surface area (Å²) < 4.78 is 13.4. The van der Waals surface area contributed by atoms with Gasteiger partial charge in [-0.1, -0.05) is 12.0 Å². The van der Waals surface area contributed by atoms with Crippen LogP contribution in [-0.4, -0.2) is 6.41 Å². The molecule has 0 atom stereocenters. The second-order valence-electron chi connectivity index (χ2n) is 2.62. The lowest BCUT2D eigenvalue weighted by molar-refractivity contribution is -0.109. The van der Waals surface area contributed by atoms with Gasteiger partial charge in [0, 0.05) is 27.8 Å². The van der Waals surface area contributed by atoms with E-state index in [0.717, 1.165) is 0 Å². The second-order valence-corrected chi connectivity index (χ2v) is 4.30. The highest BCUT2D eigenvalue weighted by Gasteiger charge is 2.00. The van der Waals surface area contributed by atoms with Crippen molar-refractivity contribution in [3.63, 3.8) is 0 Å². The molecule has 0 aliphatic carbocycles. The Morgan fingerprint density at radius 1 is 1.60 bits per heavy atom. The molecule has 1 rings (SSSR count). The molecule has 0 spiro atoms. The zero-order valence-corrected chi connectivity index (χ0v) is 10.6. The normalized spacial score (nSPS) is 8.93. The Hall–Kier alpha value is -0.740. The van der Waals surface area contributed by atoms with Crippen molar-refractivity contribution in [3.8, 4) is 11.2 Å². The van der Waals surface area contributed by atoms with E-state index in [-0.39, 0.29) is 5.82 Å². The van der Waals surface area contributed by atoms with Gasteiger partial charge in [-0.25, -0.2) is 4.39 Å². The van der Waals surface area contributed by atoms with E-state index in [2.05, 4.69) is 16.5 Å². The minimum absolute atomic E-state index is 0.329. The van der Waals surface area contributed by atoms with Gasteiger partial charge in [0.2, 0.25) is 6.41 Å². The average molecular weight is 335 g/mol. The molecule has 78 valence electrons. The molecule has 0 aromatic heterocycles. The second kappa shape index (κ2) is 6.69. The summed E-state index contributed by atoms with van der Waals surface area (Å²) in [5, 5.41) is 5.18. The lowest BCUT2D eigenvalue weighted by atomic mass is 10.1. The molecule has 0 aliphatic heterocycles. The average Bonchev–Trinajstić information content (AvgIpc) is 2.25. The fourth-order valence-electron chi connectivity index (χ4n) is 1.00. The van der Waals surface area contributed by atoms with Crippen LogP contribution in [0.1, 0.15) is 11.1 Å². The van der Waals surface area contributed by atoms with Crippen molar-refractivity contribution in [3.05, 3.63) is 35.1 Å². The number of carbonyl (C=O) groups is 1. The van der Waals surface area contributed by atoms with E-state index in [1.54, 1.807) is 12.1 Å². The van der Waals surface area contributed by atoms with E-state index in [9.17, 15) is 9.18 Å². The molecule has 15 heavy (non-hydrogen) atoms. The minimum atomic E-state index is -0.363. The summed E-state index contributed by atoms with van der Waals surface area (Å²) in [4.78, 5) is 10.0. The largest absolute Gasteiger partial charge is 0.355 e. The summed E-state index contributed by atoms with van der Waals surface area (Å²) in [7, 11) is 1.31. The van der Waals surface area contributed by atoms with Crippen LogP contribution in [0, 0.1) is 17.0 Å². The molecule has 0 saturated carbocycles. The molecule has 2 nitrogen and oxygen atoms in total. The molecule has 0 bridgehead atoms. The van der Waals surface area contributed by atoms with Gasteiger partial charge in [-0.05, 0) is 31.9 Å². The third kappa shape index (κ3) is 4.10. The molecule has 1 N–H and O–H groups in total. The molecule has 0 unspecified atom stereocenters. The van der Waals surface area contributed by atoms with E-state index in [4.69, 9.17) is 0 Å². The molecular weight excluding hydrogens is 328 g/mol. The van der Waals surface area contributed by atoms with Gasteiger partial charge in [-0.3, -0.25) is 4.79 Å². The molecule has 0 radical (unpaired) electrons.